The topological polar surface area (TPSA) is 34.6 Å². The van der Waals surface area contributed by atoms with E-state index in [1.807, 2.05) is 18.2 Å². The predicted octanol–water partition coefficient (Wildman–Crippen LogP) is 4.42. The maximum absolute atomic E-state index is 5.52. The van der Waals surface area contributed by atoms with Crippen LogP contribution in [0, 0.1) is 0 Å². The highest BCUT2D eigenvalue weighted by Gasteiger charge is 2.24. The van der Waals surface area contributed by atoms with Crippen LogP contribution in [0.2, 0.25) is 0 Å². The van der Waals surface area contributed by atoms with Crippen molar-refractivity contribution in [2.24, 2.45) is 0 Å². The molecule has 0 aliphatic carbocycles. The summed E-state index contributed by atoms with van der Waals surface area (Å²) in [6.45, 7) is 6.89. The Kier molecular flexibility index (Phi) is 5.41. The Balaban J connectivity index is 1.77. The van der Waals surface area contributed by atoms with Gasteiger partial charge < -0.3 is 14.4 Å². The number of hydrogen-bond acceptors (Lipinski definition) is 5. The summed E-state index contributed by atoms with van der Waals surface area (Å²) in [5.41, 5.74) is 2.03. The molecular formula is C19H26N2O2S. The molecule has 0 atom stereocenters. The van der Waals surface area contributed by atoms with Crippen molar-refractivity contribution in [3.05, 3.63) is 28.6 Å². The lowest BCUT2D eigenvalue weighted by molar-refractivity contribution is 0.172. The van der Waals surface area contributed by atoms with Crippen LogP contribution in [0.1, 0.15) is 37.6 Å². The van der Waals surface area contributed by atoms with Gasteiger partial charge in [-0.15, -0.1) is 11.3 Å². The molecule has 0 bridgehead atoms. The largest absolute Gasteiger partial charge is 0.497 e. The van der Waals surface area contributed by atoms with Crippen molar-refractivity contribution in [2.45, 2.75) is 38.6 Å². The second kappa shape index (κ2) is 7.53. The van der Waals surface area contributed by atoms with E-state index in [-0.39, 0.29) is 0 Å². The highest BCUT2D eigenvalue weighted by atomic mass is 32.1. The molecule has 1 fully saturated rings. The van der Waals surface area contributed by atoms with Crippen molar-refractivity contribution in [3.63, 3.8) is 0 Å². The summed E-state index contributed by atoms with van der Waals surface area (Å²) >= 11 is 1.77. The van der Waals surface area contributed by atoms with Crippen LogP contribution in [0.25, 0.3) is 11.3 Å². The summed E-state index contributed by atoms with van der Waals surface area (Å²) in [5.74, 6) is 2.19. The van der Waals surface area contributed by atoms with Crippen LogP contribution in [0.4, 0.5) is 0 Å². The van der Waals surface area contributed by atoms with Crippen LogP contribution in [0.15, 0.2) is 23.6 Å². The van der Waals surface area contributed by atoms with E-state index in [4.69, 9.17) is 14.5 Å². The standard InChI is InChI=1S/C19H26N2O2S/c1-13(2)21-9-7-14(8-10-21)19-20-17(12-24-19)16-6-5-15(22-3)11-18(16)23-4/h5-6,11-14H,7-10H2,1-4H3. The zero-order valence-electron chi connectivity index (χ0n) is 14.9. The number of thiazole rings is 1. The molecule has 1 aliphatic heterocycles. The molecule has 2 heterocycles. The predicted molar refractivity (Wildman–Crippen MR) is 99.3 cm³/mol. The van der Waals surface area contributed by atoms with Gasteiger partial charge in [-0.1, -0.05) is 0 Å². The van der Waals surface area contributed by atoms with Crippen molar-refractivity contribution in [1.82, 2.24) is 9.88 Å². The van der Waals surface area contributed by atoms with Gasteiger partial charge in [0.05, 0.1) is 24.9 Å². The molecule has 130 valence electrons. The molecule has 0 unspecified atom stereocenters. The van der Waals surface area contributed by atoms with Gasteiger partial charge in [-0.2, -0.15) is 0 Å². The minimum absolute atomic E-state index is 0.586. The summed E-state index contributed by atoms with van der Waals surface area (Å²) in [6.07, 6.45) is 2.40. The number of benzene rings is 1. The van der Waals surface area contributed by atoms with Gasteiger partial charge >= 0.3 is 0 Å². The number of aromatic nitrogens is 1. The monoisotopic (exact) mass is 346 g/mol. The van der Waals surface area contributed by atoms with Gasteiger partial charge in [0.15, 0.2) is 0 Å². The smallest absolute Gasteiger partial charge is 0.131 e. The Morgan fingerprint density at radius 1 is 1.17 bits per heavy atom. The van der Waals surface area contributed by atoms with Gasteiger partial charge in [-0.3, -0.25) is 0 Å². The third-order valence-electron chi connectivity index (χ3n) is 4.82. The van der Waals surface area contributed by atoms with Crippen LogP contribution < -0.4 is 9.47 Å². The minimum Gasteiger partial charge on any atom is -0.497 e. The van der Waals surface area contributed by atoms with E-state index < -0.39 is 0 Å². The Hall–Kier alpha value is -1.59. The number of methoxy groups -OCH3 is 2. The minimum atomic E-state index is 0.586. The molecule has 0 amide bonds. The Morgan fingerprint density at radius 3 is 2.54 bits per heavy atom. The number of rotatable bonds is 5. The summed E-state index contributed by atoms with van der Waals surface area (Å²) in [6, 6.07) is 6.53. The van der Waals surface area contributed by atoms with Crippen molar-refractivity contribution in [2.75, 3.05) is 27.3 Å². The lowest BCUT2D eigenvalue weighted by atomic mass is 9.96. The average molecular weight is 346 g/mol. The molecule has 0 N–H and O–H groups in total. The number of piperidine rings is 1. The van der Waals surface area contributed by atoms with Gasteiger partial charge in [0.1, 0.15) is 11.5 Å². The van der Waals surface area contributed by atoms with Gasteiger partial charge in [0.2, 0.25) is 0 Å². The summed E-state index contributed by atoms with van der Waals surface area (Å²) in [5, 5.41) is 3.40. The fourth-order valence-corrected chi connectivity index (χ4v) is 4.26. The molecule has 1 aromatic heterocycles. The number of likely N-dealkylation sites (tertiary alicyclic amines) is 1. The van der Waals surface area contributed by atoms with E-state index in [9.17, 15) is 0 Å². The van der Waals surface area contributed by atoms with E-state index in [2.05, 4.69) is 24.1 Å². The molecule has 1 saturated heterocycles. The molecule has 0 spiro atoms. The quantitative estimate of drug-likeness (QED) is 0.803. The molecule has 1 aliphatic rings. The zero-order chi connectivity index (χ0) is 17.1. The van der Waals surface area contributed by atoms with Crippen molar-refractivity contribution in [3.8, 4) is 22.8 Å². The van der Waals surface area contributed by atoms with Crippen LogP contribution in [-0.2, 0) is 0 Å². The zero-order valence-corrected chi connectivity index (χ0v) is 15.7. The Morgan fingerprint density at radius 2 is 1.92 bits per heavy atom. The summed E-state index contributed by atoms with van der Waals surface area (Å²) in [7, 11) is 3.35. The fraction of sp³-hybridized carbons (Fsp3) is 0.526. The third kappa shape index (κ3) is 3.57. The number of nitrogens with zero attached hydrogens (tertiary/aromatic N) is 2. The first-order valence-electron chi connectivity index (χ1n) is 8.54. The first kappa shape index (κ1) is 17.2. The molecule has 4 nitrogen and oxygen atoms in total. The molecule has 5 heteroatoms. The highest BCUT2D eigenvalue weighted by Crippen LogP contribution is 2.37. The first-order chi connectivity index (χ1) is 11.6. The molecule has 2 aromatic rings. The first-order valence-corrected chi connectivity index (χ1v) is 9.42. The Bertz CT molecular complexity index is 676. The van der Waals surface area contributed by atoms with Gasteiger partial charge in [0.25, 0.3) is 0 Å². The summed E-state index contributed by atoms with van der Waals surface area (Å²) < 4.78 is 10.8. The normalized spacial score (nSPS) is 16.5. The number of hydrogen-bond donors (Lipinski definition) is 0. The van der Waals surface area contributed by atoms with Crippen molar-refractivity contribution >= 4 is 11.3 Å². The van der Waals surface area contributed by atoms with E-state index in [1.54, 1.807) is 25.6 Å². The van der Waals surface area contributed by atoms with Crippen LogP contribution in [0.5, 0.6) is 11.5 Å². The van der Waals surface area contributed by atoms with Crippen LogP contribution in [-0.4, -0.2) is 43.2 Å². The van der Waals surface area contributed by atoms with Crippen molar-refractivity contribution < 1.29 is 9.47 Å². The average Bonchev–Trinajstić information content (AvgIpc) is 3.11. The lowest BCUT2D eigenvalue weighted by Gasteiger charge is -2.33. The van der Waals surface area contributed by atoms with E-state index >= 15 is 0 Å². The second-order valence-corrected chi connectivity index (χ2v) is 7.43. The van der Waals surface area contributed by atoms with Crippen molar-refractivity contribution in [1.29, 1.82) is 0 Å². The SMILES string of the molecule is COc1ccc(-c2csc(C3CCN(C(C)C)CC3)n2)c(OC)c1. The highest BCUT2D eigenvalue weighted by molar-refractivity contribution is 7.10. The maximum atomic E-state index is 5.52. The molecule has 1 aromatic carbocycles. The maximum Gasteiger partial charge on any atom is 0.131 e. The van der Waals surface area contributed by atoms with Crippen LogP contribution >= 0.6 is 11.3 Å². The molecular weight excluding hydrogens is 320 g/mol. The molecule has 0 saturated carbocycles. The van der Waals surface area contributed by atoms with E-state index in [0.717, 1.165) is 22.8 Å². The van der Waals surface area contributed by atoms with Gasteiger partial charge in [-0.25, -0.2) is 4.98 Å². The molecule has 24 heavy (non-hydrogen) atoms. The summed E-state index contributed by atoms with van der Waals surface area (Å²) in [4.78, 5) is 7.47. The second-order valence-electron chi connectivity index (χ2n) is 6.54. The number of ether oxygens (including phenoxy) is 2. The molecule has 0 radical (unpaired) electrons. The molecule has 3 rings (SSSR count). The van der Waals surface area contributed by atoms with E-state index in [1.165, 1.54) is 30.9 Å². The van der Waals surface area contributed by atoms with E-state index in [0.29, 0.717) is 12.0 Å². The van der Waals surface area contributed by atoms with Crippen LogP contribution in [0.3, 0.4) is 0 Å². The lowest BCUT2D eigenvalue weighted by Crippen LogP contribution is -2.37. The third-order valence-corrected chi connectivity index (χ3v) is 5.82. The van der Waals surface area contributed by atoms with Gasteiger partial charge in [-0.05, 0) is 51.9 Å². The fourth-order valence-electron chi connectivity index (χ4n) is 3.27. The van der Waals surface area contributed by atoms with Gasteiger partial charge in [0, 0.05) is 29.0 Å². The Labute approximate surface area is 148 Å².